The predicted molar refractivity (Wildman–Crippen MR) is 64.2 cm³/mol. The molecule has 0 bridgehead atoms. The second-order valence-electron chi connectivity index (χ2n) is 3.58. The van der Waals surface area contributed by atoms with Gasteiger partial charge < -0.3 is 0 Å². The largest absolute Gasteiger partial charge is 0.245 e. The van der Waals surface area contributed by atoms with E-state index in [0.29, 0.717) is 21.4 Å². The van der Waals surface area contributed by atoms with Gasteiger partial charge in [-0.05, 0) is 12.1 Å². The molecule has 0 spiro atoms. The van der Waals surface area contributed by atoms with Crippen molar-refractivity contribution in [3.63, 3.8) is 0 Å². The number of halogens is 2. The van der Waals surface area contributed by atoms with Crippen molar-refractivity contribution in [1.29, 1.82) is 0 Å². The van der Waals surface area contributed by atoms with Gasteiger partial charge >= 0.3 is 0 Å². The van der Waals surface area contributed by atoms with E-state index in [1.807, 2.05) is 24.3 Å². The number of fused-ring (bicyclic) bond motifs is 2. The topological polar surface area (TPSA) is 12.9 Å². The van der Waals surface area contributed by atoms with Crippen LogP contribution in [0.1, 0.15) is 0 Å². The lowest BCUT2D eigenvalue weighted by atomic mass is 10.1. The fourth-order valence-corrected chi connectivity index (χ4v) is 2.14. The Morgan fingerprint density at radius 1 is 0.938 bits per heavy atom. The van der Waals surface area contributed by atoms with Crippen LogP contribution in [0, 0.1) is 5.82 Å². The predicted octanol–water partition coefficient (Wildman–Crippen LogP) is 4.18. The van der Waals surface area contributed by atoms with Crippen molar-refractivity contribution in [3.05, 3.63) is 53.3 Å². The molecule has 0 aliphatic heterocycles. The maximum atomic E-state index is 13.6. The minimum atomic E-state index is -0.342. The standard InChI is InChI=1S/C13H7ClFN/c14-12-8-4-1-2-7-11(8)16-13-9(12)5-3-6-10(13)15/h1-7H. The van der Waals surface area contributed by atoms with Crippen LogP contribution in [0.5, 0.6) is 0 Å². The van der Waals surface area contributed by atoms with Crippen molar-refractivity contribution < 1.29 is 4.39 Å². The minimum Gasteiger partial charge on any atom is -0.245 e. The smallest absolute Gasteiger partial charge is 0.149 e. The van der Waals surface area contributed by atoms with E-state index in [-0.39, 0.29) is 5.82 Å². The average molecular weight is 232 g/mol. The van der Waals surface area contributed by atoms with E-state index in [0.717, 1.165) is 5.39 Å². The molecule has 1 nitrogen and oxygen atoms in total. The van der Waals surface area contributed by atoms with Gasteiger partial charge in [-0.3, -0.25) is 0 Å². The molecule has 3 heteroatoms. The summed E-state index contributed by atoms with van der Waals surface area (Å²) in [4.78, 5) is 4.28. The van der Waals surface area contributed by atoms with Crippen LogP contribution < -0.4 is 0 Å². The van der Waals surface area contributed by atoms with Crippen LogP contribution in [0.25, 0.3) is 21.8 Å². The van der Waals surface area contributed by atoms with Crippen LogP contribution in [0.4, 0.5) is 4.39 Å². The molecular formula is C13H7ClFN. The normalized spacial score (nSPS) is 11.1. The van der Waals surface area contributed by atoms with Crippen LogP contribution in [0.2, 0.25) is 5.02 Å². The number of aromatic nitrogens is 1. The maximum Gasteiger partial charge on any atom is 0.149 e. The number of para-hydroxylation sites is 2. The Labute approximate surface area is 96.5 Å². The van der Waals surface area contributed by atoms with Crippen LogP contribution in [0.3, 0.4) is 0 Å². The summed E-state index contributed by atoms with van der Waals surface area (Å²) in [5.74, 6) is -0.342. The number of hydrogen-bond donors (Lipinski definition) is 0. The average Bonchev–Trinajstić information content (AvgIpc) is 2.31. The monoisotopic (exact) mass is 231 g/mol. The number of hydrogen-bond acceptors (Lipinski definition) is 1. The number of nitrogens with zero attached hydrogens (tertiary/aromatic N) is 1. The quantitative estimate of drug-likeness (QED) is 0.529. The fraction of sp³-hybridized carbons (Fsp3) is 0. The van der Waals surface area contributed by atoms with Gasteiger partial charge in [0, 0.05) is 10.8 Å². The number of pyridine rings is 1. The van der Waals surface area contributed by atoms with Gasteiger partial charge in [0.15, 0.2) is 0 Å². The molecular weight excluding hydrogens is 225 g/mol. The van der Waals surface area contributed by atoms with Gasteiger partial charge in [0.1, 0.15) is 11.3 Å². The first kappa shape index (κ1) is 9.55. The third kappa shape index (κ3) is 1.27. The van der Waals surface area contributed by atoms with Gasteiger partial charge in [-0.25, -0.2) is 9.37 Å². The molecule has 0 radical (unpaired) electrons. The van der Waals surface area contributed by atoms with Crippen molar-refractivity contribution >= 4 is 33.4 Å². The Morgan fingerprint density at radius 2 is 1.69 bits per heavy atom. The molecule has 0 saturated heterocycles. The molecule has 0 amide bonds. The van der Waals surface area contributed by atoms with Crippen molar-refractivity contribution in [2.75, 3.05) is 0 Å². The third-order valence-electron chi connectivity index (χ3n) is 2.60. The van der Waals surface area contributed by atoms with Crippen LogP contribution in [-0.2, 0) is 0 Å². The number of rotatable bonds is 0. The highest BCUT2D eigenvalue weighted by Crippen LogP contribution is 2.30. The summed E-state index contributed by atoms with van der Waals surface area (Å²) in [6, 6.07) is 12.3. The second-order valence-corrected chi connectivity index (χ2v) is 3.96. The summed E-state index contributed by atoms with van der Waals surface area (Å²) in [5, 5.41) is 2.06. The maximum absolute atomic E-state index is 13.6. The van der Waals surface area contributed by atoms with E-state index < -0.39 is 0 Å². The van der Waals surface area contributed by atoms with Gasteiger partial charge in [0.05, 0.1) is 10.5 Å². The number of benzene rings is 2. The third-order valence-corrected chi connectivity index (χ3v) is 3.00. The Bertz CT molecular complexity index is 694. The highest BCUT2D eigenvalue weighted by molar-refractivity contribution is 6.40. The lowest BCUT2D eigenvalue weighted by Crippen LogP contribution is -1.87. The van der Waals surface area contributed by atoms with E-state index in [1.54, 1.807) is 12.1 Å². The molecule has 0 N–H and O–H groups in total. The van der Waals surface area contributed by atoms with Gasteiger partial charge in [-0.15, -0.1) is 0 Å². The molecule has 0 aliphatic rings. The summed E-state index contributed by atoms with van der Waals surface area (Å²) in [6.45, 7) is 0. The second kappa shape index (κ2) is 3.42. The molecule has 1 aromatic heterocycles. The summed E-state index contributed by atoms with van der Waals surface area (Å²) in [7, 11) is 0. The van der Waals surface area contributed by atoms with E-state index in [2.05, 4.69) is 4.98 Å². The van der Waals surface area contributed by atoms with Crippen LogP contribution in [-0.4, -0.2) is 4.98 Å². The van der Waals surface area contributed by atoms with Crippen molar-refractivity contribution in [2.24, 2.45) is 0 Å². The molecule has 78 valence electrons. The van der Waals surface area contributed by atoms with Gasteiger partial charge in [-0.1, -0.05) is 41.9 Å². The van der Waals surface area contributed by atoms with Crippen LogP contribution >= 0.6 is 11.6 Å². The first-order chi connectivity index (χ1) is 7.77. The Morgan fingerprint density at radius 3 is 2.56 bits per heavy atom. The van der Waals surface area contributed by atoms with Crippen molar-refractivity contribution in [3.8, 4) is 0 Å². The summed E-state index contributed by atoms with van der Waals surface area (Å²) in [5.41, 5.74) is 1.04. The highest BCUT2D eigenvalue weighted by Gasteiger charge is 2.09. The molecule has 0 fully saturated rings. The zero-order valence-corrected chi connectivity index (χ0v) is 9.00. The van der Waals surface area contributed by atoms with Gasteiger partial charge in [0.25, 0.3) is 0 Å². The van der Waals surface area contributed by atoms with E-state index in [1.165, 1.54) is 6.07 Å². The lowest BCUT2D eigenvalue weighted by molar-refractivity contribution is 0.637. The first-order valence-corrected chi connectivity index (χ1v) is 5.27. The molecule has 0 atom stereocenters. The Balaban J connectivity index is 2.61. The molecule has 1 heterocycles. The van der Waals surface area contributed by atoms with Crippen LogP contribution in [0.15, 0.2) is 42.5 Å². The summed E-state index contributed by atoms with van der Waals surface area (Å²) in [6.07, 6.45) is 0. The van der Waals surface area contributed by atoms with Crippen molar-refractivity contribution in [2.45, 2.75) is 0 Å². The summed E-state index contributed by atoms with van der Waals surface area (Å²) < 4.78 is 13.6. The molecule has 2 aromatic carbocycles. The molecule has 0 unspecified atom stereocenters. The zero-order valence-electron chi connectivity index (χ0n) is 8.24. The lowest BCUT2D eigenvalue weighted by Gasteiger charge is -2.05. The van der Waals surface area contributed by atoms with E-state index in [9.17, 15) is 4.39 Å². The van der Waals surface area contributed by atoms with E-state index in [4.69, 9.17) is 11.6 Å². The molecule has 16 heavy (non-hydrogen) atoms. The van der Waals surface area contributed by atoms with Crippen molar-refractivity contribution in [1.82, 2.24) is 4.98 Å². The minimum absolute atomic E-state index is 0.325. The Kier molecular flexibility index (Phi) is 2.04. The SMILES string of the molecule is Fc1cccc2c(Cl)c3ccccc3nc12. The highest BCUT2D eigenvalue weighted by atomic mass is 35.5. The van der Waals surface area contributed by atoms with Gasteiger partial charge in [0.2, 0.25) is 0 Å². The Hall–Kier alpha value is -1.67. The molecule has 3 aromatic rings. The zero-order chi connectivity index (χ0) is 11.1. The van der Waals surface area contributed by atoms with E-state index >= 15 is 0 Å². The fourth-order valence-electron chi connectivity index (χ4n) is 1.83. The van der Waals surface area contributed by atoms with Gasteiger partial charge in [-0.2, -0.15) is 0 Å². The molecule has 3 rings (SSSR count). The molecule has 0 aliphatic carbocycles. The first-order valence-electron chi connectivity index (χ1n) is 4.90. The molecule has 0 saturated carbocycles. The summed E-state index contributed by atoms with van der Waals surface area (Å²) >= 11 is 6.24.